The fourth-order valence-electron chi connectivity index (χ4n) is 2.31. The first-order chi connectivity index (χ1) is 12.1. The van der Waals surface area contributed by atoms with Gasteiger partial charge in [0, 0.05) is 25.1 Å². The molecule has 0 saturated carbocycles. The van der Waals surface area contributed by atoms with Crippen LogP contribution in [-0.2, 0) is 9.84 Å². The summed E-state index contributed by atoms with van der Waals surface area (Å²) < 4.78 is 26.2. The van der Waals surface area contributed by atoms with Crippen molar-refractivity contribution in [3.8, 4) is 0 Å². The Morgan fingerprint density at radius 2 is 2.00 bits per heavy atom. The van der Waals surface area contributed by atoms with Crippen LogP contribution in [0.1, 0.15) is 21.3 Å². The lowest BCUT2D eigenvalue weighted by molar-refractivity contribution is 0.0948. The van der Waals surface area contributed by atoms with Crippen molar-refractivity contribution in [1.82, 2.24) is 15.3 Å². The number of thiophene rings is 1. The summed E-state index contributed by atoms with van der Waals surface area (Å²) in [7, 11) is -3.65. The molecule has 8 heteroatoms. The van der Waals surface area contributed by atoms with Gasteiger partial charge in [-0.15, -0.1) is 11.3 Å². The van der Waals surface area contributed by atoms with E-state index in [1.54, 1.807) is 54.0 Å². The molecule has 0 aliphatic heterocycles. The number of nitrogens with zero attached hydrogens (tertiary/aromatic N) is 2. The zero-order chi connectivity index (χ0) is 17.7. The number of nitrogens with one attached hydrogen (secondary N) is 1. The maximum Gasteiger partial charge on any atom is 0.269 e. The van der Waals surface area contributed by atoms with Gasteiger partial charge in [0.05, 0.1) is 0 Å². The molecule has 3 aromatic heterocycles. The van der Waals surface area contributed by atoms with Crippen molar-refractivity contribution >= 4 is 27.1 Å². The summed E-state index contributed by atoms with van der Waals surface area (Å²) >= 11 is 1.15. The normalized spacial score (nSPS) is 12.5. The van der Waals surface area contributed by atoms with Crippen molar-refractivity contribution in [2.75, 3.05) is 6.54 Å². The molecule has 3 heterocycles. The first-order valence-electron chi connectivity index (χ1n) is 7.45. The van der Waals surface area contributed by atoms with Crippen LogP contribution in [-0.4, -0.2) is 30.8 Å². The first kappa shape index (κ1) is 17.2. The minimum atomic E-state index is -3.65. The highest BCUT2D eigenvalue weighted by Gasteiger charge is 2.30. The van der Waals surface area contributed by atoms with Gasteiger partial charge in [-0.2, -0.15) is 0 Å². The second kappa shape index (κ2) is 7.54. The molecule has 1 amide bonds. The molecule has 0 saturated heterocycles. The lowest BCUT2D eigenvalue weighted by Crippen LogP contribution is -2.32. The van der Waals surface area contributed by atoms with E-state index in [2.05, 4.69) is 15.3 Å². The number of rotatable bonds is 6. The van der Waals surface area contributed by atoms with E-state index in [4.69, 9.17) is 0 Å². The zero-order valence-electron chi connectivity index (χ0n) is 13.1. The predicted molar refractivity (Wildman–Crippen MR) is 95.1 cm³/mol. The van der Waals surface area contributed by atoms with Gasteiger partial charge in [-0.25, -0.2) is 8.42 Å². The Morgan fingerprint density at radius 1 is 1.12 bits per heavy atom. The van der Waals surface area contributed by atoms with E-state index in [-0.39, 0.29) is 16.4 Å². The average molecular weight is 373 g/mol. The molecule has 0 aliphatic rings. The lowest BCUT2D eigenvalue weighted by atomic mass is 10.2. The number of aromatic nitrogens is 2. The number of carbonyl (C=O) groups is 1. The molecule has 1 N–H and O–H groups in total. The fourth-order valence-corrected chi connectivity index (χ4v) is 5.16. The van der Waals surface area contributed by atoms with Gasteiger partial charge in [-0.3, -0.25) is 14.8 Å². The van der Waals surface area contributed by atoms with Gasteiger partial charge in [0.2, 0.25) is 0 Å². The maximum absolute atomic E-state index is 13.0. The number of hydrogen-bond acceptors (Lipinski definition) is 6. The monoisotopic (exact) mass is 373 g/mol. The minimum absolute atomic E-state index is 0.0681. The number of hydrogen-bond donors (Lipinski definition) is 1. The molecule has 6 nitrogen and oxygen atoms in total. The third-order valence-electron chi connectivity index (χ3n) is 3.55. The summed E-state index contributed by atoms with van der Waals surface area (Å²) in [6.07, 6.45) is 4.59. The van der Waals surface area contributed by atoms with Crippen LogP contribution in [0.15, 0.2) is 70.6 Å². The Labute approximate surface area is 149 Å². The first-order valence-corrected chi connectivity index (χ1v) is 9.88. The van der Waals surface area contributed by atoms with Gasteiger partial charge in [-0.05, 0) is 35.2 Å². The van der Waals surface area contributed by atoms with E-state index in [9.17, 15) is 13.2 Å². The molecule has 0 fully saturated rings. The average Bonchev–Trinajstić information content (AvgIpc) is 3.19. The molecule has 0 radical (unpaired) electrons. The topological polar surface area (TPSA) is 89.0 Å². The molecular weight excluding hydrogens is 358 g/mol. The van der Waals surface area contributed by atoms with Crippen molar-refractivity contribution < 1.29 is 13.2 Å². The van der Waals surface area contributed by atoms with Gasteiger partial charge in [0.1, 0.15) is 15.2 Å². The Bertz CT molecular complexity index is 928. The number of sulfone groups is 1. The van der Waals surface area contributed by atoms with Gasteiger partial charge in [0.25, 0.3) is 5.91 Å². The Balaban J connectivity index is 1.87. The second-order valence-electron chi connectivity index (χ2n) is 5.18. The van der Waals surface area contributed by atoms with Crippen LogP contribution in [0.4, 0.5) is 0 Å². The van der Waals surface area contributed by atoms with Crippen LogP contribution in [0.5, 0.6) is 0 Å². The van der Waals surface area contributed by atoms with E-state index in [1.165, 1.54) is 12.4 Å². The lowest BCUT2D eigenvalue weighted by Gasteiger charge is -2.17. The molecule has 0 spiro atoms. The van der Waals surface area contributed by atoms with Crippen molar-refractivity contribution in [2.24, 2.45) is 0 Å². The summed E-state index contributed by atoms with van der Waals surface area (Å²) in [6.45, 7) is -0.0681. The van der Waals surface area contributed by atoms with Crippen LogP contribution in [0, 0.1) is 0 Å². The van der Waals surface area contributed by atoms with Gasteiger partial charge >= 0.3 is 0 Å². The third kappa shape index (κ3) is 3.92. The molecule has 3 rings (SSSR count). The SMILES string of the molecule is O=C(NC[C@H](c1cccnc1)S(=O)(=O)c1cccs1)c1ccccn1. The summed E-state index contributed by atoms with van der Waals surface area (Å²) in [5, 5.41) is 3.45. The maximum atomic E-state index is 13.0. The zero-order valence-corrected chi connectivity index (χ0v) is 14.7. The minimum Gasteiger partial charge on any atom is -0.349 e. The van der Waals surface area contributed by atoms with Crippen LogP contribution in [0.3, 0.4) is 0 Å². The molecule has 0 aliphatic carbocycles. The third-order valence-corrected chi connectivity index (χ3v) is 7.08. The number of pyridine rings is 2. The van der Waals surface area contributed by atoms with Crippen LogP contribution in [0.25, 0.3) is 0 Å². The fraction of sp³-hybridized carbons (Fsp3) is 0.118. The molecule has 0 unspecified atom stereocenters. The van der Waals surface area contributed by atoms with Gasteiger partial charge in [-0.1, -0.05) is 18.2 Å². The van der Waals surface area contributed by atoms with Crippen LogP contribution < -0.4 is 5.32 Å². The van der Waals surface area contributed by atoms with Crippen molar-refractivity contribution in [1.29, 1.82) is 0 Å². The highest BCUT2D eigenvalue weighted by molar-refractivity contribution is 7.93. The number of amides is 1. The van der Waals surface area contributed by atoms with Crippen molar-refractivity contribution in [3.63, 3.8) is 0 Å². The summed E-state index contributed by atoms with van der Waals surface area (Å²) in [5.41, 5.74) is 0.762. The molecule has 25 heavy (non-hydrogen) atoms. The van der Waals surface area contributed by atoms with Crippen molar-refractivity contribution in [3.05, 3.63) is 77.7 Å². The van der Waals surface area contributed by atoms with E-state index in [1.807, 2.05) is 0 Å². The van der Waals surface area contributed by atoms with Crippen LogP contribution >= 0.6 is 11.3 Å². The van der Waals surface area contributed by atoms with Gasteiger partial charge < -0.3 is 5.32 Å². The standard InChI is InChI=1S/C17H15N3O3S2/c21-17(14-6-1-2-9-19-14)20-12-15(13-5-3-8-18-11-13)25(22,23)16-7-4-10-24-16/h1-11,15H,12H2,(H,20,21)/t15-/m1/s1. The Hall–Kier alpha value is -2.58. The Kier molecular flexibility index (Phi) is 5.20. The Morgan fingerprint density at radius 3 is 2.64 bits per heavy atom. The van der Waals surface area contributed by atoms with E-state index in [0.717, 1.165) is 11.3 Å². The van der Waals surface area contributed by atoms with Crippen LogP contribution in [0.2, 0.25) is 0 Å². The smallest absolute Gasteiger partial charge is 0.269 e. The predicted octanol–water partition coefficient (Wildman–Crippen LogP) is 2.48. The summed E-state index contributed by atoms with van der Waals surface area (Å²) in [5.74, 6) is -0.420. The molecule has 128 valence electrons. The highest BCUT2D eigenvalue weighted by atomic mass is 32.2. The van der Waals surface area contributed by atoms with Gasteiger partial charge in [0.15, 0.2) is 9.84 Å². The van der Waals surface area contributed by atoms with E-state index >= 15 is 0 Å². The largest absolute Gasteiger partial charge is 0.349 e. The molecule has 1 atom stereocenters. The van der Waals surface area contributed by atoms with E-state index in [0.29, 0.717) is 5.56 Å². The quantitative estimate of drug-likeness (QED) is 0.717. The van der Waals surface area contributed by atoms with E-state index < -0.39 is 21.0 Å². The summed E-state index contributed by atoms with van der Waals surface area (Å²) in [6, 6.07) is 11.6. The second-order valence-corrected chi connectivity index (χ2v) is 8.48. The van der Waals surface area contributed by atoms with Crippen molar-refractivity contribution in [2.45, 2.75) is 9.46 Å². The molecule has 0 aromatic carbocycles. The molecular formula is C17H15N3O3S2. The molecule has 0 bridgehead atoms. The highest BCUT2D eigenvalue weighted by Crippen LogP contribution is 2.30. The molecule has 3 aromatic rings. The number of carbonyl (C=O) groups excluding carboxylic acids is 1. The summed E-state index contributed by atoms with van der Waals surface area (Å²) in [4.78, 5) is 20.2.